The second kappa shape index (κ2) is 8.92. The van der Waals surface area contributed by atoms with E-state index < -0.39 is 18.5 Å². The SMILES string of the molecule is CCOC(=O)c1cc(-c2ccc(OCC(=O)O)cc2)n(-c2ccc(OC)cc2)n1. The Kier molecular flexibility index (Phi) is 6.13. The van der Waals surface area contributed by atoms with Crippen molar-refractivity contribution in [2.75, 3.05) is 20.3 Å². The molecule has 0 unspecified atom stereocenters. The second-order valence-corrected chi connectivity index (χ2v) is 5.95. The van der Waals surface area contributed by atoms with E-state index in [1.807, 2.05) is 12.1 Å². The van der Waals surface area contributed by atoms with E-state index in [0.29, 0.717) is 17.2 Å². The van der Waals surface area contributed by atoms with Gasteiger partial charge in [0.05, 0.1) is 25.1 Å². The quantitative estimate of drug-likeness (QED) is 0.584. The highest BCUT2D eigenvalue weighted by molar-refractivity contribution is 5.89. The maximum atomic E-state index is 12.2. The minimum atomic E-state index is -1.05. The van der Waals surface area contributed by atoms with Crippen molar-refractivity contribution >= 4 is 11.9 Å². The molecule has 0 saturated carbocycles. The molecule has 0 aliphatic heterocycles. The molecule has 29 heavy (non-hydrogen) atoms. The fraction of sp³-hybridized carbons (Fsp3) is 0.190. The molecule has 0 aliphatic rings. The molecular formula is C21H20N2O6. The zero-order valence-corrected chi connectivity index (χ0v) is 16.0. The summed E-state index contributed by atoms with van der Waals surface area (Å²) in [5, 5.41) is 13.1. The first-order chi connectivity index (χ1) is 14.0. The Labute approximate surface area is 167 Å². The molecule has 8 heteroatoms. The Morgan fingerprint density at radius 1 is 1.03 bits per heavy atom. The van der Waals surface area contributed by atoms with Gasteiger partial charge in [-0.05, 0) is 61.5 Å². The molecule has 0 spiro atoms. The molecule has 1 aromatic heterocycles. The molecule has 0 radical (unpaired) electrons. The summed E-state index contributed by atoms with van der Waals surface area (Å²) >= 11 is 0. The average Bonchev–Trinajstić information content (AvgIpc) is 3.18. The summed E-state index contributed by atoms with van der Waals surface area (Å²) in [5.41, 5.74) is 2.36. The second-order valence-electron chi connectivity index (χ2n) is 5.95. The molecule has 0 saturated heterocycles. The van der Waals surface area contributed by atoms with Crippen molar-refractivity contribution < 1.29 is 28.9 Å². The minimum absolute atomic E-state index is 0.184. The molecule has 1 heterocycles. The number of methoxy groups -OCH3 is 1. The lowest BCUT2D eigenvalue weighted by Crippen LogP contribution is -2.09. The molecule has 0 fully saturated rings. The van der Waals surface area contributed by atoms with Crippen molar-refractivity contribution in [3.05, 3.63) is 60.3 Å². The molecule has 3 rings (SSSR count). The number of carboxylic acids is 1. The third-order valence-electron chi connectivity index (χ3n) is 4.02. The highest BCUT2D eigenvalue weighted by atomic mass is 16.5. The van der Waals surface area contributed by atoms with Gasteiger partial charge in [0.25, 0.3) is 0 Å². The van der Waals surface area contributed by atoms with Crippen molar-refractivity contribution in [3.63, 3.8) is 0 Å². The van der Waals surface area contributed by atoms with Gasteiger partial charge in [-0.3, -0.25) is 0 Å². The largest absolute Gasteiger partial charge is 0.497 e. The number of hydrogen-bond acceptors (Lipinski definition) is 6. The molecule has 1 N–H and O–H groups in total. The molecule has 0 aliphatic carbocycles. The first-order valence-electron chi connectivity index (χ1n) is 8.88. The van der Waals surface area contributed by atoms with Crippen LogP contribution in [0.1, 0.15) is 17.4 Å². The maximum absolute atomic E-state index is 12.2. The predicted molar refractivity (Wildman–Crippen MR) is 105 cm³/mol. The van der Waals surface area contributed by atoms with Crippen LogP contribution in [-0.2, 0) is 9.53 Å². The fourth-order valence-corrected chi connectivity index (χ4v) is 2.68. The van der Waals surface area contributed by atoms with E-state index in [1.54, 1.807) is 61.2 Å². The molecule has 150 valence electrons. The molecular weight excluding hydrogens is 376 g/mol. The van der Waals surface area contributed by atoms with Crippen LogP contribution in [-0.4, -0.2) is 47.1 Å². The Morgan fingerprint density at radius 3 is 2.28 bits per heavy atom. The van der Waals surface area contributed by atoms with Crippen LogP contribution in [0.4, 0.5) is 0 Å². The van der Waals surface area contributed by atoms with E-state index >= 15 is 0 Å². The van der Waals surface area contributed by atoms with Gasteiger partial charge in [0.1, 0.15) is 11.5 Å². The highest BCUT2D eigenvalue weighted by Crippen LogP contribution is 2.27. The first kappa shape index (κ1) is 19.9. The summed E-state index contributed by atoms with van der Waals surface area (Å²) in [6.45, 7) is 1.56. The van der Waals surface area contributed by atoms with Gasteiger partial charge in [-0.15, -0.1) is 0 Å². The number of rotatable bonds is 8. The fourth-order valence-electron chi connectivity index (χ4n) is 2.68. The first-order valence-corrected chi connectivity index (χ1v) is 8.88. The number of carbonyl (C=O) groups excluding carboxylic acids is 1. The van der Waals surface area contributed by atoms with Crippen LogP contribution in [0.25, 0.3) is 16.9 Å². The summed E-state index contributed by atoms with van der Waals surface area (Å²) in [7, 11) is 1.58. The van der Waals surface area contributed by atoms with E-state index in [9.17, 15) is 9.59 Å². The van der Waals surface area contributed by atoms with Crippen LogP contribution in [0, 0.1) is 0 Å². The summed E-state index contributed by atoms with van der Waals surface area (Å²) in [4.78, 5) is 22.8. The smallest absolute Gasteiger partial charge is 0.358 e. The molecule has 0 bridgehead atoms. The topological polar surface area (TPSA) is 99.9 Å². The number of ether oxygens (including phenoxy) is 3. The van der Waals surface area contributed by atoms with E-state index in [2.05, 4.69) is 5.10 Å². The van der Waals surface area contributed by atoms with Gasteiger partial charge in [0.15, 0.2) is 12.3 Å². The standard InChI is InChI=1S/C21H20N2O6/c1-3-28-21(26)18-12-19(14-4-8-17(9-5-14)29-13-20(24)25)23(22-18)15-6-10-16(27-2)11-7-15/h4-12H,3,13H2,1-2H3,(H,24,25). The van der Waals surface area contributed by atoms with E-state index in [-0.39, 0.29) is 12.3 Å². The van der Waals surface area contributed by atoms with Gasteiger partial charge >= 0.3 is 11.9 Å². The van der Waals surface area contributed by atoms with Crippen LogP contribution in [0.5, 0.6) is 11.5 Å². The third-order valence-corrected chi connectivity index (χ3v) is 4.02. The van der Waals surface area contributed by atoms with Crippen LogP contribution in [0.2, 0.25) is 0 Å². The number of aromatic nitrogens is 2. The van der Waals surface area contributed by atoms with E-state index in [4.69, 9.17) is 19.3 Å². The third kappa shape index (κ3) is 4.73. The van der Waals surface area contributed by atoms with Crippen LogP contribution >= 0.6 is 0 Å². The monoisotopic (exact) mass is 396 g/mol. The average molecular weight is 396 g/mol. The van der Waals surface area contributed by atoms with Crippen LogP contribution in [0.3, 0.4) is 0 Å². The number of benzene rings is 2. The van der Waals surface area contributed by atoms with Crippen molar-refractivity contribution in [3.8, 4) is 28.4 Å². The number of esters is 1. The van der Waals surface area contributed by atoms with Gasteiger partial charge in [-0.2, -0.15) is 5.10 Å². The minimum Gasteiger partial charge on any atom is -0.497 e. The van der Waals surface area contributed by atoms with Crippen molar-refractivity contribution in [2.24, 2.45) is 0 Å². The lowest BCUT2D eigenvalue weighted by molar-refractivity contribution is -0.139. The van der Waals surface area contributed by atoms with Crippen LogP contribution < -0.4 is 9.47 Å². The van der Waals surface area contributed by atoms with Crippen molar-refractivity contribution in [2.45, 2.75) is 6.92 Å². The van der Waals surface area contributed by atoms with E-state index in [0.717, 1.165) is 11.3 Å². The van der Waals surface area contributed by atoms with Gasteiger partial charge in [-0.25, -0.2) is 14.3 Å². The molecule has 3 aromatic rings. The predicted octanol–water partition coefficient (Wildman–Crippen LogP) is 3.19. The normalized spacial score (nSPS) is 10.4. The Bertz CT molecular complexity index is 993. The Morgan fingerprint density at radius 2 is 1.69 bits per heavy atom. The van der Waals surface area contributed by atoms with Crippen molar-refractivity contribution in [1.82, 2.24) is 9.78 Å². The Balaban J connectivity index is 1.99. The summed E-state index contributed by atoms with van der Waals surface area (Å²) in [6.07, 6.45) is 0. The molecule has 2 aromatic carbocycles. The lowest BCUT2D eigenvalue weighted by atomic mass is 10.1. The van der Waals surface area contributed by atoms with Gasteiger partial charge < -0.3 is 19.3 Å². The maximum Gasteiger partial charge on any atom is 0.358 e. The van der Waals surface area contributed by atoms with E-state index in [1.165, 1.54) is 0 Å². The lowest BCUT2D eigenvalue weighted by Gasteiger charge is -2.09. The summed E-state index contributed by atoms with van der Waals surface area (Å²) in [6, 6.07) is 15.8. The number of carbonyl (C=O) groups is 2. The van der Waals surface area contributed by atoms with Gasteiger partial charge in [0.2, 0.25) is 0 Å². The molecule has 0 atom stereocenters. The molecule has 8 nitrogen and oxygen atoms in total. The van der Waals surface area contributed by atoms with Crippen LogP contribution in [0.15, 0.2) is 54.6 Å². The zero-order chi connectivity index (χ0) is 20.8. The highest BCUT2D eigenvalue weighted by Gasteiger charge is 2.18. The van der Waals surface area contributed by atoms with Crippen molar-refractivity contribution in [1.29, 1.82) is 0 Å². The van der Waals surface area contributed by atoms with Gasteiger partial charge in [-0.1, -0.05) is 0 Å². The number of hydrogen-bond donors (Lipinski definition) is 1. The number of carboxylic acid groups (broad SMARTS) is 1. The zero-order valence-electron chi connectivity index (χ0n) is 16.0. The van der Waals surface area contributed by atoms with Gasteiger partial charge in [0, 0.05) is 5.56 Å². The summed E-state index contributed by atoms with van der Waals surface area (Å²) in [5.74, 6) is -0.432. The molecule has 0 amide bonds. The number of nitrogens with zero attached hydrogens (tertiary/aromatic N) is 2. The number of aliphatic carboxylic acids is 1. The summed E-state index contributed by atoms with van der Waals surface area (Å²) < 4.78 is 17.1. The Hall–Kier alpha value is -3.81.